The summed E-state index contributed by atoms with van der Waals surface area (Å²) in [7, 11) is 0.904. The minimum absolute atomic E-state index is 0.192. The first-order valence-electron chi connectivity index (χ1n) is 11.2. The van der Waals surface area contributed by atoms with Crippen molar-refractivity contribution in [3.63, 3.8) is 0 Å². The highest BCUT2D eigenvalue weighted by Crippen LogP contribution is 2.41. The van der Waals surface area contributed by atoms with Crippen molar-refractivity contribution in [1.82, 2.24) is 10.3 Å². The minimum atomic E-state index is -4.68. The molecule has 1 aliphatic rings. The molecule has 1 unspecified atom stereocenters. The molecule has 13 heteroatoms. The van der Waals surface area contributed by atoms with Gasteiger partial charge in [0.05, 0.1) is 30.1 Å². The topological polar surface area (TPSA) is 54.5 Å². The number of hydrogen-bond donors (Lipinski definition) is 1. The average Bonchev–Trinajstić information content (AvgIpc) is 3.16. The lowest BCUT2D eigenvalue weighted by Crippen LogP contribution is -2.40. The predicted octanol–water partition coefficient (Wildman–Crippen LogP) is 6.30. The zero-order chi connectivity index (χ0) is 28.9. The molecule has 0 aliphatic carbocycles. The largest absolute Gasteiger partial charge is 0.491 e. The molecule has 0 saturated carbocycles. The molecule has 0 spiro atoms. The summed E-state index contributed by atoms with van der Waals surface area (Å²) in [4.78, 5) is 17.5. The van der Waals surface area contributed by atoms with Gasteiger partial charge in [0.25, 0.3) is 5.91 Å². The van der Waals surface area contributed by atoms with Crippen molar-refractivity contribution in [2.24, 2.45) is 0 Å². The molecule has 2 heterocycles. The van der Waals surface area contributed by atoms with Crippen molar-refractivity contribution >= 4 is 11.6 Å². The van der Waals surface area contributed by atoms with Gasteiger partial charge in [-0.15, -0.1) is 0 Å². The molecule has 1 N–H and O–H groups in total. The van der Waals surface area contributed by atoms with E-state index in [1.54, 1.807) is 0 Å². The van der Waals surface area contributed by atoms with E-state index in [1.165, 1.54) is 13.8 Å². The Morgan fingerprint density at radius 1 is 0.949 bits per heavy atom. The van der Waals surface area contributed by atoms with E-state index in [9.17, 15) is 35.5 Å². The van der Waals surface area contributed by atoms with Crippen LogP contribution in [0.1, 0.15) is 36.7 Å². The second-order valence-corrected chi connectivity index (χ2v) is 9.12. The van der Waals surface area contributed by atoms with E-state index in [1.807, 2.05) is 0 Å². The number of amides is 1. The zero-order valence-corrected chi connectivity index (χ0v) is 20.4. The second-order valence-electron chi connectivity index (χ2n) is 9.12. The van der Waals surface area contributed by atoms with Crippen molar-refractivity contribution in [1.29, 1.82) is 0 Å². The number of nitrogens with zero attached hydrogens (tertiary/aromatic N) is 2. The van der Waals surface area contributed by atoms with Crippen LogP contribution in [0.3, 0.4) is 0 Å². The molecule has 1 aliphatic heterocycles. The van der Waals surface area contributed by atoms with E-state index >= 15 is 4.39 Å². The number of benzene rings is 2. The quantitative estimate of drug-likeness (QED) is 0.286. The van der Waals surface area contributed by atoms with E-state index in [0.29, 0.717) is 17.0 Å². The Hall–Kier alpha value is -4.16. The summed E-state index contributed by atoms with van der Waals surface area (Å²) in [5, 5.41) is 2.81. The number of rotatable bonds is 6. The number of ether oxygens (including phenoxy) is 1. The number of hydrogen-bond acceptors (Lipinski definition) is 4. The molecule has 5 nitrogen and oxygen atoms in total. The number of carbonyl (C=O) groups is 1. The van der Waals surface area contributed by atoms with Crippen LogP contribution in [-0.4, -0.2) is 18.0 Å². The smallest absolute Gasteiger partial charge is 0.433 e. The highest BCUT2D eigenvalue weighted by Gasteiger charge is 2.40. The van der Waals surface area contributed by atoms with E-state index in [2.05, 4.69) is 15.0 Å². The highest BCUT2D eigenvalue weighted by atomic mass is 19.4. The van der Waals surface area contributed by atoms with Gasteiger partial charge in [-0.1, -0.05) is 6.07 Å². The first-order chi connectivity index (χ1) is 18.1. The van der Waals surface area contributed by atoms with Gasteiger partial charge in [-0.05, 0) is 49.2 Å². The minimum Gasteiger partial charge on any atom is -0.491 e. The van der Waals surface area contributed by atoms with Crippen molar-refractivity contribution in [2.75, 3.05) is 12.0 Å². The van der Waals surface area contributed by atoms with Crippen molar-refractivity contribution in [3.8, 4) is 5.75 Å². The molecule has 1 atom stereocenters. The number of methoxy groups -OCH3 is 1. The summed E-state index contributed by atoms with van der Waals surface area (Å²) < 4.78 is 115. The molecule has 0 radical (unpaired) electrons. The lowest BCUT2D eigenvalue weighted by molar-refractivity contribution is -0.141. The van der Waals surface area contributed by atoms with Gasteiger partial charge in [0.15, 0.2) is 17.4 Å². The van der Waals surface area contributed by atoms with Gasteiger partial charge in [-0.3, -0.25) is 14.7 Å². The van der Waals surface area contributed by atoms with Crippen LogP contribution in [0.2, 0.25) is 0 Å². The van der Waals surface area contributed by atoms with Crippen LogP contribution in [0.15, 0.2) is 54.4 Å². The molecule has 39 heavy (non-hydrogen) atoms. The Morgan fingerprint density at radius 2 is 1.59 bits per heavy atom. The third-order valence-corrected chi connectivity index (χ3v) is 6.06. The molecule has 3 aromatic rings. The molecule has 4 rings (SSSR count). The molecule has 0 saturated heterocycles. The summed E-state index contributed by atoms with van der Waals surface area (Å²) in [6, 6.07) is 3.20. The lowest BCUT2D eigenvalue weighted by Gasteiger charge is -2.29. The van der Waals surface area contributed by atoms with Gasteiger partial charge in [0.2, 0.25) is 5.82 Å². The first kappa shape index (κ1) is 27.9. The van der Waals surface area contributed by atoms with Gasteiger partial charge in [-0.25, -0.2) is 17.6 Å². The Morgan fingerprint density at radius 3 is 2.13 bits per heavy atom. The monoisotopic (exact) mass is 557 g/mol. The van der Waals surface area contributed by atoms with Gasteiger partial charge in [0, 0.05) is 18.3 Å². The molecule has 0 fully saturated rings. The zero-order valence-electron chi connectivity index (χ0n) is 20.4. The number of halogens is 8. The fourth-order valence-electron chi connectivity index (χ4n) is 4.17. The summed E-state index contributed by atoms with van der Waals surface area (Å²) >= 11 is 0. The van der Waals surface area contributed by atoms with Gasteiger partial charge in [-0.2, -0.15) is 17.6 Å². The van der Waals surface area contributed by atoms with E-state index < -0.39 is 69.9 Å². The van der Waals surface area contributed by atoms with E-state index in [0.717, 1.165) is 43.6 Å². The number of nitrogens with one attached hydrogen (secondary N) is 1. The van der Waals surface area contributed by atoms with Crippen molar-refractivity contribution < 1.29 is 44.7 Å². The Bertz CT molecular complexity index is 1450. The maximum Gasteiger partial charge on any atom is 0.433 e. The van der Waals surface area contributed by atoms with Crippen molar-refractivity contribution in [2.45, 2.75) is 31.6 Å². The van der Waals surface area contributed by atoms with Gasteiger partial charge < -0.3 is 10.1 Å². The number of pyridine rings is 1. The maximum atomic E-state index is 15.1. The fourth-order valence-corrected chi connectivity index (χ4v) is 4.17. The van der Waals surface area contributed by atoms with E-state index in [4.69, 9.17) is 0 Å². The lowest BCUT2D eigenvalue weighted by atomic mass is 9.95. The van der Waals surface area contributed by atoms with Crippen LogP contribution in [-0.2, 0) is 16.5 Å². The van der Waals surface area contributed by atoms with Crippen LogP contribution in [0, 0.1) is 29.1 Å². The molecular weight excluding hydrogens is 538 g/mol. The first-order valence-corrected chi connectivity index (χ1v) is 11.2. The van der Waals surface area contributed by atoms with Crippen LogP contribution >= 0.6 is 0 Å². The third kappa shape index (κ3) is 5.25. The molecular formula is C26H19F8N3O2. The van der Waals surface area contributed by atoms with Gasteiger partial charge in [0.1, 0.15) is 17.3 Å². The SMILES string of the molecule is COc1c(F)cc(N2C(=O)C(NC(C)(C)c3ccc(C(F)(F)F)nc3)=CC2c2cc(F)cc(F)c2)c(F)c1F. The maximum absolute atomic E-state index is 15.1. The summed E-state index contributed by atoms with van der Waals surface area (Å²) in [6.07, 6.45) is -2.59. The Labute approximate surface area is 216 Å². The molecule has 1 amide bonds. The summed E-state index contributed by atoms with van der Waals surface area (Å²) in [5.74, 6) is -8.89. The van der Waals surface area contributed by atoms with Gasteiger partial charge >= 0.3 is 6.18 Å². The Balaban J connectivity index is 1.79. The normalized spacial score (nSPS) is 16.0. The number of alkyl halides is 3. The molecule has 206 valence electrons. The molecule has 0 bridgehead atoms. The molecule has 2 aromatic carbocycles. The highest BCUT2D eigenvalue weighted by molar-refractivity contribution is 6.09. The van der Waals surface area contributed by atoms with Crippen LogP contribution in [0.4, 0.5) is 40.8 Å². The second kappa shape index (κ2) is 9.86. The number of anilines is 1. The fraction of sp³-hybridized carbons (Fsp3) is 0.231. The number of carbonyl (C=O) groups excluding carboxylic acids is 1. The Kier molecular flexibility index (Phi) is 7.04. The van der Waals surface area contributed by atoms with E-state index in [-0.39, 0.29) is 16.8 Å². The summed E-state index contributed by atoms with van der Waals surface area (Å²) in [6.45, 7) is 3.00. The average molecular weight is 557 g/mol. The van der Waals surface area contributed by atoms with Crippen LogP contribution in [0.5, 0.6) is 5.75 Å². The molecule has 1 aromatic heterocycles. The standard InChI is InChI=1S/C26H19F8N3O2/c1-25(2,13-4-5-20(35-11-13)26(32,33)34)36-17-10-18(12-6-14(27)8-15(28)7-12)37(24(17)38)19-9-16(29)23(39-3)22(31)21(19)30/h4-11,18,36H,1-3H3. The van der Waals surface area contributed by atoms with Crippen LogP contribution < -0.4 is 15.0 Å². The third-order valence-electron chi connectivity index (χ3n) is 6.06. The van der Waals surface area contributed by atoms with Crippen molar-refractivity contribution in [3.05, 3.63) is 100 Å². The number of aromatic nitrogens is 1. The summed E-state index contributed by atoms with van der Waals surface area (Å²) in [5.41, 5.74) is -3.55. The predicted molar refractivity (Wildman–Crippen MR) is 123 cm³/mol. The van der Waals surface area contributed by atoms with Crippen LogP contribution in [0.25, 0.3) is 0 Å².